The number of nitrogens with zero attached hydrogens (tertiary/aromatic N) is 1. The Morgan fingerprint density at radius 2 is 1.36 bits per heavy atom. The van der Waals surface area contributed by atoms with E-state index in [9.17, 15) is 0 Å². The summed E-state index contributed by atoms with van der Waals surface area (Å²) in [6.07, 6.45) is -1.13. The van der Waals surface area contributed by atoms with Crippen LogP contribution < -0.4 is 0 Å². The van der Waals surface area contributed by atoms with Crippen molar-refractivity contribution in [2.24, 2.45) is 4.99 Å². The highest BCUT2D eigenvalue weighted by Crippen LogP contribution is 2.35. The molecule has 5 rings (SSSR count). The van der Waals surface area contributed by atoms with Gasteiger partial charge < -0.3 is 18.9 Å². The van der Waals surface area contributed by atoms with E-state index < -0.39 is 0 Å². The third-order valence-electron chi connectivity index (χ3n) is 5.64. The van der Waals surface area contributed by atoms with Crippen LogP contribution in [-0.4, -0.2) is 36.4 Å². The molecule has 2 heterocycles. The molecule has 4 atom stereocenters. The largest absolute Gasteiger partial charge is 0.462 e. The lowest BCUT2D eigenvalue weighted by atomic mass is 10.1. The third kappa shape index (κ3) is 5.84. The van der Waals surface area contributed by atoms with Crippen molar-refractivity contribution in [2.75, 3.05) is 6.61 Å². The minimum absolute atomic E-state index is 0.239. The summed E-state index contributed by atoms with van der Waals surface area (Å²) >= 11 is 1.59. The third-order valence-corrected chi connectivity index (χ3v) is 6.57. The van der Waals surface area contributed by atoms with Crippen LogP contribution in [0.3, 0.4) is 0 Å². The summed E-state index contributed by atoms with van der Waals surface area (Å²) in [5.41, 5.74) is 3.48. The van der Waals surface area contributed by atoms with E-state index in [1.54, 1.807) is 11.8 Å². The second-order valence-corrected chi connectivity index (χ2v) is 9.01. The molecule has 0 amide bonds. The predicted octanol–water partition coefficient (Wildman–Crippen LogP) is 5.20. The zero-order valence-corrected chi connectivity index (χ0v) is 19.1. The average molecular weight is 462 g/mol. The van der Waals surface area contributed by atoms with Crippen LogP contribution in [0, 0.1) is 0 Å². The summed E-state index contributed by atoms with van der Waals surface area (Å²) in [5, 5.41) is 0.658. The number of fused-ring (bicyclic) bond motifs is 1. The lowest BCUT2D eigenvalue weighted by molar-refractivity contribution is -0.0772. The van der Waals surface area contributed by atoms with Gasteiger partial charge in [-0.3, -0.25) is 0 Å². The van der Waals surface area contributed by atoms with E-state index in [0.29, 0.717) is 25.1 Å². The summed E-state index contributed by atoms with van der Waals surface area (Å²) in [5.74, 6) is 0.804. The Bertz CT molecular complexity index is 1030. The van der Waals surface area contributed by atoms with E-state index in [2.05, 4.69) is 41.4 Å². The van der Waals surface area contributed by atoms with Gasteiger partial charge in [-0.15, -0.1) is 0 Å². The number of benzene rings is 3. The van der Waals surface area contributed by atoms with Crippen molar-refractivity contribution < 1.29 is 18.9 Å². The quantitative estimate of drug-likeness (QED) is 0.438. The average Bonchev–Trinajstić information content (AvgIpc) is 3.41. The Balaban J connectivity index is 1.21. The highest BCUT2D eigenvalue weighted by Gasteiger charge is 2.51. The van der Waals surface area contributed by atoms with Crippen molar-refractivity contribution >= 4 is 17.0 Å². The number of hydrogen-bond acceptors (Lipinski definition) is 6. The fraction of sp³-hybridized carbons (Fsp3) is 0.296. The maximum absolute atomic E-state index is 6.32. The first-order chi connectivity index (χ1) is 16.3. The van der Waals surface area contributed by atoms with E-state index in [1.807, 2.05) is 54.6 Å². The fourth-order valence-corrected chi connectivity index (χ4v) is 4.79. The number of ether oxygens (including phenoxy) is 4. The first-order valence-corrected chi connectivity index (χ1v) is 12.2. The molecule has 2 aliphatic heterocycles. The van der Waals surface area contributed by atoms with Crippen LogP contribution in [0.1, 0.15) is 16.7 Å². The SMILES string of the molecule is c1ccc(COC[C@H]2OC3N=C(SCc4ccccc4)O[C@H]3[C@@H]2OCc2ccccc2)cc1. The van der Waals surface area contributed by atoms with Crippen LogP contribution >= 0.6 is 11.8 Å². The van der Waals surface area contributed by atoms with E-state index in [4.69, 9.17) is 18.9 Å². The summed E-state index contributed by atoms with van der Waals surface area (Å²) in [7, 11) is 0. The summed E-state index contributed by atoms with van der Waals surface area (Å²) in [6.45, 7) is 1.44. The second-order valence-electron chi connectivity index (χ2n) is 8.08. The lowest BCUT2D eigenvalue weighted by Gasteiger charge is -2.23. The summed E-state index contributed by atoms with van der Waals surface area (Å²) in [6, 6.07) is 30.6. The number of rotatable bonds is 9. The molecular weight excluding hydrogens is 434 g/mol. The molecule has 0 bridgehead atoms. The van der Waals surface area contributed by atoms with Crippen molar-refractivity contribution in [2.45, 2.75) is 43.5 Å². The maximum atomic E-state index is 6.32. The van der Waals surface area contributed by atoms with Crippen LogP contribution in [0.25, 0.3) is 0 Å². The van der Waals surface area contributed by atoms with Gasteiger partial charge in [0.1, 0.15) is 12.2 Å². The molecule has 5 nitrogen and oxygen atoms in total. The molecule has 1 saturated heterocycles. The fourth-order valence-electron chi connectivity index (χ4n) is 3.95. The molecule has 170 valence electrons. The maximum Gasteiger partial charge on any atom is 0.249 e. The van der Waals surface area contributed by atoms with Crippen LogP contribution in [0.2, 0.25) is 0 Å². The van der Waals surface area contributed by atoms with Crippen molar-refractivity contribution in [1.29, 1.82) is 0 Å². The van der Waals surface area contributed by atoms with Gasteiger partial charge in [-0.25, -0.2) is 4.99 Å². The normalized spacial score (nSPS) is 23.7. The Kier molecular flexibility index (Phi) is 7.38. The van der Waals surface area contributed by atoms with Crippen LogP contribution in [-0.2, 0) is 37.9 Å². The van der Waals surface area contributed by atoms with Crippen molar-refractivity contribution in [3.8, 4) is 0 Å². The summed E-state index contributed by atoms with van der Waals surface area (Å²) in [4.78, 5) is 4.69. The van der Waals surface area contributed by atoms with Gasteiger partial charge in [0.15, 0.2) is 12.3 Å². The van der Waals surface area contributed by atoms with Crippen LogP contribution in [0.5, 0.6) is 0 Å². The Hall–Kier alpha value is -2.64. The number of hydrogen-bond donors (Lipinski definition) is 0. The predicted molar refractivity (Wildman–Crippen MR) is 130 cm³/mol. The molecule has 0 aromatic heterocycles. The molecule has 0 radical (unpaired) electrons. The van der Waals surface area contributed by atoms with E-state index in [-0.39, 0.29) is 24.5 Å². The Morgan fingerprint density at radius 1 is 0.758 bits per heavy atom. The minimum Gasteiger partial charge on any atom is -0.462 e. The van der Waals surface area contributed by atoms with Crippen molar-refractivity contribution in [3.05, 3.63) is 108 Å². The van der Waals surface area contributed by atoms with Gasteiger partial charge in [0.2, 0.25) is 5.23 Å². The van der Waals surface area contributed by atoms with E-state index >= 15 is 0 Å². The first-order valence-electron chi connectivity index (χ1n) is 11.2. The molecule has 2 aliphatic rings. The number of thioether (sulfide) groups is 1. The second kappa shape index (κ2) is 11.0. The topological polar surface area (TPSA) is 49.3 Å². The van der Waals surface area contributed by atoms with Gasteiger partial charge in [0.25, 0.3) is 0 Å². The van der Waals surface area contributed by atoms with Gasteiger partial charge in [-0.2, -0.15) is 0 Å². The zero-order valence-electron chi connectivity index (χ0n) is 18.3. The molecule has 0 spiro atoms. The van der Waals surface area contributed by atoms with Crippen molar-refractivity contribution in [3.63, 3.8) is 0 Å². The highest BCUT2D eigenvalue weighted by atomic mass is 32.2. The molecule has 3 aromatic rings. The molecule has 0 aliphatic carbocycles. The molecule has 1 fully saturated rings. The van der Waals surface area contributed by atoms with E-state index in [0.717, 1.165) is 16.9 Å². The minimum atomic E-state index is -0.366. The van der Waals surface area contributed by atoms with Gasteiger partial charge in [0.05, 0.1) is 19.8 Å². The molecule has 0 N–H and O–H groups in total. The molecule has 0 saturated carbocycles. The summed E-state index contributed by atoms with van der Waals surface area (Å²) < 4.78 is 24.7. The van der Waals surface area contributed by atoms with Gasteiger partial charge in [-0.05, 0) is 16.7 Å². The molecule has 6 heteroatoms. The zero-order chi connectivity index (χ0) is 22.3. The smallest absolute Gasteiger partial charge is 0.249 e. The molecule has 33 heavy (non-hydrogen) atoms. The van der Waals surface area contributed by atoms with Crippen LogP contribution in [0.15, 0.2) is 96.0 Å². The van der Waals surface area contributed by atoms with E-state index in [1.165, 1.54) is 5.56 Å². The molecular formula is C27H27NO4S. The lowest BCUT2D eigenvalue weighted by Crippen LogP contribution is -2.37. The first kappa shape index (κ1) is 22.2. The van der Waals surface area contributed by atoms with Crippen LogP contribution in [0.4, 0.5) is 0 Å². The van der Waals surface area contributed by atoms with Gasteiger partial charge in [-0.1, -0.05) is 103 Å². The Labute approximate surface area is 198 Å². The standard InChI is InChI=1S/C27H27NO4S/c1-4-10-20(11-5-1)16-29-18-23-24(30-17-21-12-6-2-7-13-21)25-26(31-23)28-27(32-25)33-19-22-14-8-3-9-15-22/h1-15,23-26H,16-19H2/t23-,24-,25+,26?/m1/s1. The molecule has 1 unspecified atom stereocenters. The highest BCUT2D eigenvalue weighted by molar-refractivity contribution is 8.12. The molecule has 3 aromatic carbocycles. The monoisotopic (exact) mass is 461 g/mol. The van der Waals surface area contributed by atoms with Crippen molar-refractivity contribution in [1.82, 2.24) is 0 Å². The van der Waals surface area contributed by atoms with Gasteiger partial charge in [0, 0.05) is 5.75 Å². The Morgan fingerprint density at radius 3 is 2.03 bits per heavy atom. The van der Waals surface area contributed by atoms with Gasteiger partial charge >= 0.3 is 0 Å². The number of aliphatic imine (C=N–C) groups is 1.